The summed E-state index contributed by atoms with van der Waals surface area (Å²) in [6.07, 6.45) is 7.10. The molecule has 0 aliphatic heterocycles. The van der Waals surface area contributed by atoms with Gasteiger partial charge in [-0.2, -0.15) is 0 Å². The van der Waals surface area contributed by atoms with E-state index in [1.165, 1.54) is 13.8 Å². The van der Waals surface area contributed by atoms with E-state index in [1.54, 1.807) is 23.1 Å². The number of rotatable bonds is 4. The zero-order valence-corrected chi connectivity index (χ0v) is 13.9. The lowest BCUT2D eigenvalue weighted by atomic mass is 10.1. The van der Waals surface area contributed by atoms with Crippen molar-refractivity contribution in [1.29, 1.82) is 0 Å². The summed E-state index contributed by atoms with van der Waals surface area (Å²) in [6, 6.07) is 7.88. The van der Waals surface area contributed by atoms with Gasteiger partial charge in [-0.25, -0.2) is 23.9 Å². The Hall–Kier alpha value is -3.09. The Bertz CT molecular complexity index is 1050. The number of hydrogen-bond acceptors (Lipinski definition) is 5. The summed E-state index contributed by atoms with van der Waals surface area (Å²) in [4.78, 5) is 12.9. The molecule has 0 radical (unpaired) electrons. The highest BCUT2D eigenvalue weighted by molar-refractivity contribution is 5.86. The number of anilines is 1. The SMILES string of the molecule is CC(C)(F)CNc1ncc2c(-c3cnc4ncccc4c3)ccn2n1. The summed E-state index contributed by atoms with van der Waals surface area (Å²) < 4.78 is 15.3. The highest BCUT2D eigenvalue weighted by Crippen LogP contribution is 2.26. The van der Waals surface area contributed by atoms with Gasteiger partial charge in [-0.1, -0.05) is 0 Å². The van der Waals surface area contributed by atoms with Crippen LogP contribution in [0.5, 0.6) is 0 Å². The van der Waals surface area contributed by atoms with Crippen molar-refractivity contribution in [3.05, 3.63) is 49.1 Å². The summed E-state index contributed by atoms with van der Waals surface area (Å²) in [5, 5.41) is 8.27. The molecule has 1 N–H and O–H groups in total. The van der Waals surface area contributed by atoms with Gasteiger partial charge in [0.15, 0.2) is 5.65 Å². The van der Waals surface area contributed by atoms with Crippen LogP contribution in [-0.4, -0.2) is 36.8 Å². The van der Waals surface area contributed by atoms with E-state index in [4.69, 9.17) is 0 Å². The molecular weight excluding hydrogens is 319 g/mol. The predicted molar refractivity (Wildman–Crippen MR) is 95.2 cm³/mol. The smallest absolute Gasteiger partial charge is 0.241 e. The first kappa shape index (κ1) is 15.4. The van der Waals surface area contributed by atoms with Crippen LogP contribution in [0.15, 0.2) is 49.1 Å². The molecule has 0 aliphatic carbocycles. The van der Waals surface area contributed by atoms with E-state index in [1.807, 2.05) is 30.5 Å². The van der Waals surface area contributed by atoms with Gasteiger partial charge in [0, 0.05) is 35.1 Å². The first-order valence-corrected chi connectivity index (χ1v) is 7.98. The van der Waals surface area contributed by atoms with Crippen molar-refractivity contribution in [2.24, 2.45) is 0 Å². The molecule has 0 amide bonds. The van der Waals surface area contributed by atoms with Crippen LogP contribution in [0.4, 0.5) is 10.3 Å². The van der Waals surface area contributed by atoms with Crippen molar-refractivity contribution in [3.63, 3.8) is 0 Å². The second kappa shape index (κ2) is 5.77. The number of nitrogens with zero attached hydrogens (tertiary/aromatic N) is 5. The summed E-state index contributed by atoms with van der Waals surface area (Å²) >= 11 is 0. The van der Waals surface area contributed by atoms with Crippen LogP contribution in [0.25, 0.3) is 27.7 Å². The van der Waals surface area contributed by atoms with Crippen molar-refractivity contribution < 1.29 is 4.39 Å². The van der Waals surface area contributed by atoms with Gasteiger partial charge in [0.2, 0.25) is 5.95 Å². The quantitative estimate of drug-likeness (QED) is 0.618. The molecule has 25 heavy (non-hydrogen) atoms. The topological polar surface area (TPSA) is 68.0 Å². The predicted octanol–water partition coefficient (Wildman–Crippen LogP) is 3.50. The number of hydrogen-bond donors (Lipinski definition) is 1. The average Bonchev–Trinajstić information content (AvgIpc) is 3.02. The molecule has 7 heteroatoms. The summed E-state index contributed by atoms with van der Waals surface area (Å²) in [5.41, 5.74) is 2.19. The lowest BCUT2D eigenvalue weighted by Crippen LogP contribution is -2.25. The van der Waals surface area contributed by atoms with Crippen LogP contribution in [0.1, 0.15) is 13.8 Å². The number of pyridine rings is 2. The Kier molecular flexibility index (Phi) is 3.56. The zero-order chi connectivity index (χ0) is 17.4. The van der Waals surface area contributed by atoms with Crippen molar-refractivity contribution in [3.8, 4) is 11.1 Å². The van der Waals surface area contributed by atoms with Gasteiger partial charge < -0.3 is 5.32 Å². The fourth-order valence-corrected chi connectivity index (χ4v) is 2.63. The highest BCUT2D eigenvalue weighted by atomic mass is 19.1. The molecule has 0 aromatic carbocycles. The zero-order valence-electron chi connectivity index (χ0n) is 13.9. The van der Waals surface area contributed by atoms with E-state index in [9.17, 15) is 4.39 Å². The third-order valence-electron chi connectivity index (χ3n) is 3.85. The Morgan fingerprint density at radius 2 is 2.04 bits per heavy atom. The fourth-order valence-electron chi connectivity index (χ4n) is 2.63. The normalized spacial score (nSPS) is 12.0. The van der Waals surface area contributed by atoms with E-state index in [2.05, 4.69) is 25.4 Å². The van der Waals surface area contributed by atoms with Crippen molar-refractivity contribution in [1.82, 2.24) is 24.6 Å². The molecule has 0 saturated carbocycles. The van der Waals surface area contributed by atoms with E-state index in [0.717, 1.165) is 22.0 Å². The van der Waals surface area contributed by atoms with Gasteiger partial charge in [-0.3, -0.25) is 0 Å². The first-order chi connectivity index (χ1) is 12.0. The van der Waals surface area contributed by atoms with Crippen molar-refractivity contribution >= 4 is 22.5 Å². The molecule has 0 unspecified atom stereocenters. The number of halogens is 1. The molecule has 126 valence electrons. The van der Waals surface area contributed by atoms with Crippen LogP contribution >= 0.6 is 0 Å². The van der Waals surface area contributed by atoms with Crippen LogP contribution in [-0.2, 0) is 0 Å². The van der Waals surface area contributed by atoms with Crippen LogP contribution in [0, 0.1) is 0 Å². The number of fused-ring (bicyclic) bond motifs is 2. The molecule has 0 aliphatic rings. The maximum atomic E-state index is 13.6. The molecule has 0 bridgehead atoms. The van der Waals surface area contributed by atoms with Gasteiger partial charge >= 0.3 is 0 Å². The fraction of sp³-hybridized carbons (Fsp3) is 0.222. The van der Waals surface area contributed by atoms with Gasteiger partial charge in [0.1, 0.15) is 5.67 Å². The van der Waals surface area contributed by atoms with Gasteiger partial charge in [0.05, 0.1) is 18.3 Å². The van der Waals surface area contributed by atoms with E-state index < -0.39 is 5.67 Å². The number of nitrogens with one attached hydrogen (secondary N) is 1. The molecule has 0 spiro atoms. The summed E-state index contributed by atoms with van der Waals surface area (Å²) in [7, 11) is 0. The lowest BCUT2D eigenvalue weighted by Gasteiger charge is -2.14. The largest absolute Gasteiger partial charge is 0.350 e. The monoisotopic (exact) mass is 336 g/mol. The summed E-state index contributed by atoms with van der Waals surface area (Å²) in [5.74, 6) is 0.390. The third kappa shape index (κ3) is 3.13. The molecule has 0 saturated heterocycles. The number of aromatic nitrogens is 5. The lowest BCUT2D eigenvalue weighted by molar-refractivity contribution is 0.234. The summed E-state index contributed by atoms with van der Waals surface area (Å²) in [6.45, 7) is 3.16. The minimum Gasteiger partial charge on any atom is -0.350 e. The first-order valence-electron chi connectivity index (χ1n) is 7.98. The second-order valence-corrected chi connectivity index (χ2v) is 6.49. The maximum absolute atomic E-state index is 13.6. The highest BCUT2D eigenvalue weighted by Gasteiger charge is 2.16. The molecule has 0 atom stereocenters. The minimum atomic E-state index is -1.33. The Morgan fingerprint density at radius 1 is 1.16 bits per heavy atom. The van der Waals surface area contributed by atoms with Crippen molar-refractivity contribution in [2.75, 3.05) is 11.9 Å². The third-order valence-corrected chi connectivity index (χ3v) is 3.85. The van der Waals surface area contributed by atoms with Crippen LogP contribution in [0.3, 0.4) is 0 Å². The van der Waals surface area contributed by atoms with Gasteiger partial charge in [-0.15, -0.1) is 5.10 Å². The average molecular weight is 336 g/mol. The number of alkyl halides is 1. The van der Waals surface area contributed by atoms with E-state index in [-0.39, 0.29) is 6.54 Å². The molecule has 6 nitrogen and oxygen atoms in total. The molecule has 0 fully saturated rings. The molecule has 4 heterocycles. The minimum absolute atomic E-state index is 0.147. The standard InChI is InChI=1S/C18H17FN6/c1-18(2,19)11-23-17-22-10-15-14(5-7-25(15)24-17)13-8-12-4-3-6-20-16(12)21-9-13/h3-10H,11H2,1-2H3,(H,23,24). The van der Waals surface area contributed by atoms with Gasteiger partial charge in [0.25, 0.3) is 0 Å². The molecule has 4 aromatic heterocycles. The van der Waals surface area contributed by atoms with Crippen molar-refractivity contribution in [2.45, 2.75) is 19.5 Å². The Morgan fingerprint density at radius 3 is 2.88 bits per heavy atom. The molecular formula is C18H17FN6. The van der Waals surface area contributed by atoms with E-state index in [0.29, 0.717) is 11.6 Å². The van der Waals surface area contributed by atoms with Crippen LogP contribution in [0.2, 0.25) is 0 Å². The molecule has 4 aromatic rings. The maximum Gasteiger partial charge on any atom is 0.241 e. The Labute approximate surface area is 143 Å². The molecule has 4 rings (SSSR count). The van der Waals surface area contributed by atoms with Crippen LogP contribution < -0.4 is 5.32 Å². The second-order valence-electron chi connectivity index (χ2n) is 6.49. The van der Waals surface area contributed by atoms with E-state index >= 15 is 0 Å². The van der Waals surface area contributed by atoms with Gasteiger partial charge in [-0.05, 0) is 38.1 Å². The Balaban J connectivity index is 1.70.